The van der Waals surface area contributed by atoms with Crippen LogP contribution in [-0.2, 0) is 14.3 Å². The largest absolute Gasteiger partial charge is 0.462 e. The van der Waals surface area contributed by atoms with Crippen LogP contribution in [0.3, 0.4) is 0 Å². The fourth-order valence-corrected chi connectivity index (χ4v) is 2.60. The number of carbonyl (C=O) groups excluding carboxylic acids is 2. The van der Waals surface area contributed by atoms with Crippen molar-refractivity contribution in [2.24, 2.45) is 11.8 Å². The Balaban J connectivity index is 2.09. The third-order valence-electron chi connectivity index (χ3n) is 3.22. The molecule has 3 nitrogen and oxygen atoms in total. The predicted molar refractivity (Wildman–Crippen MR) is 48.0 cm³/mol. The molecule has 13 heavy (non-hydrogen) atoms. The second kappa shape index (κ2) is 3.16. The van der Waals surface area contributed by atoms with Crippen LogP contribution in [0.5, 0.6) is 0 Å². The topological polar surface area (TPSA) is 43.4 Å². The van der Waals surface area contributed by atoms with Gasteiger partial charge in [-0.3, -0.25) is 4.79 Å². The van der Waals surface area contributed by atoms with Crippen molar-refractivity contribution in [2.75, 3.05) is 0 Å². The first kappa shape index (κ1) is 8.79. The Morgan fingerprint density at radius 3 is 3.08 bits per heavy atom. The standard InChI is InChI=1S/C9H12BO3/c1-5-2-7-6(3-8(12)13-7)9(5)10-4-11/h4-7,9H,2-3H2,1H3/t5-,6+,7?,9+/m1/s1. The fourth-order valence-electron chi connectivity index (χ4n) is 2.60. The molecule has 0 N–H and O–H groups in total. The van der Waals surface area contributed by atoms with E-state index in [0.717, 1.165) is 12.6 Å². The number of ether oxygens (including phenoxy) is 1. The van der Waals surface area contributed by atoms with E-state index in [1.54, 1.807) is 7.28 Å². The molecule has 4 heteroatoms. The molecule has 2 fully saturated rings. The zero-order valence-electron chi connectivity index (χ0n) is 7.60. The van der Waals surface area contributed by atoms with Gasteiger partial charge >= 0.3 is 5.97 Å². The molecule has 0 aromatic carbocycles. The molecule has 1 radical (unpaired) electrons. The van der Waals surface area contributed by atoms with E-state index in [9.17, 15) is 9.59 Å². The van der Waals surface area contributed by atoms with Crippen molar-refractivity contribution in [1.82, 2.24) is 0 Å². The first-order chi connectivity index (χ1) is 6.22. The lowest BCUT2D eigenvalue weighted by molar-refractivity contribution is -0.141. The lowest BCUT2D eigenvalue weighted by Crippen LogP contribution is -2.17. The minimum Gasteiger partial charge on any atom is -0.462 e. The van der Waals surface area contributed by atoms with Crippen LogP contribution in [0, 0.1) is 11.8 Å². The molecule has 0 bridgehead atoms. The van der Waals surface area contributed by atoms with Gasteiger partial charge < -0.3 is 9.53 Å². The van der Waals surface area contributed by atoms with E-state index < -0.39 is 0 Å². The van der Waals surface area contributed by atoms with E-state index in [2.05, 4.69) is 6.92 Å². The van der Waals surface area contributed by atoms with Gasteiger partial charge in [0.1, 0.15) is 6.10 Å². The molecule has 4 atom stereocenters. The summed E-state index contributed by atoms with van der Waals surface area (Å²) in [5.74, 6) is 0.862. The second-order valence-electron chi connectivity index (χ2n) is 4.02. The van der Waals surface area contributed by atoms with Crippen LogP contribution in [0.25, 0.3) is 0 Å². The normalized spacial score (nSPS) is 42.7. The van der Waals surface area contributed by atoms with Crippen LogP contribution in [-0.4, -0.2) is 25.5 Å². The smallest absolute Gasteiger partial charge is 0.306 e. The molecule has 2 aliphatic rings. The highest BCUT2D eigenvalue weighted by Crippen LogP contribution is 2.47. The van der Waals surface area contributed by atoms with Gasteiger partial charge in [-0.2, -0.15) is 0 Å². The number of esters is 1. The summed E-state index contributed by atoms with van der Waals surface area (Å²) >= 11 is 0. The van der Waals surface area contributed by atoms with Gasteiger partial charge in [0.2, 0.25) is 7.28 Å². The van der Waals surface area contributed by atoms with Crippen molar-refractivity contribution in [3.8, 4) is 0 Å². The zero-order valence-corrected chi connectivity index (χ0v) is 7.60. The maximum atomic E-state index is 11.0. The quantitative estimate of drug-likeness (QED) is 0.355. The summed E-state index contributed by atoms with van der Waals surface area (Å²) in [5, 5.41) is 0. The van der Waals surface area contributed by atoms with Gasteiger partial charge in [0, 0.05) is 5.92 Å². The van der Waals surface area contributed by atoms with E-state index in [-0.39, 0.29) is 23.8 Å². The predicted octanol–water partition coefficient (Wildman–Crippen LogP) is 0.641. The number of carbonyl (C=O) groups is 2. The molecule has 0 spiro atoms. The molecule has 0 amide bonds. The molecule has 69 valence electrons. The number of hydrogen-bond donors (Lipinski definition) is 0. The lowest BCUT2D eigenvalue weighted by atomic mass is 9.58. The molecular formula is C9H12BO3. The molecule has 1 unspecified atom stereocenters. The van der Waals surface area contributed by atoms with Gasteiger partial charge in [-0.15, -0.1) is 0 Å². The van der Waals surface area contributed by atoms with Gasteiger partial charge in [-0.25, -0.2) is 0 Å². The number of hydrogen-bond acceptors (Lipinski definition) is 3. The van der Waals surface area contributed by atoms with Crippen LogP contribution < -0.4 is 0 Å². The summed E-state index contributed by atoms with van der Waals surface area (Å²) in [6, 6.07) is 0. The van der Waals surface area contributed by atoms with E-state index >= 15 is 0 Å². The van der Waals surface area contributed by atoms with Gasteiger partial charge in [0.05, 0.1) is 12.6 Å². The van der Waals surface area contributed by atoms with Crippen LogP contribution in [0.15, 0.2) is 0 Å². The number of fused-ring (bicyclic) bond motifs is 1. The van der Waals surface area contributed by atoms with Gasteiger partial charge in [0.15, 0.2) is 0 Å². The van der Waals surface area contributed by atoms with Crippen molar-refractivity contribution in [1.29, 1.82) is 0 Å². The maximum absolute atomic E-state index is 11.0. The van der Waals surface area contributed by atoms with Gasteiger partial charge in [0.25, 0.3) is 0 Å². The minimum absolute atomic E-state index is 0.0729. The van der Waals surface area contributed by atoms with Crippen molar-refractivity contribution < 1.29 is 14.3 Å². The Labute approximate surface area is 78.1 Å². The average molecular weight is 179 g/mol. The maximum Gasteiger partial charge on any atom is 0.306 e. The SMILES string of the molecule is C[C@@H]1CC2OC(=O)C[C@@H]2[C@H]1[B]C=O. The first-order valence-electron chi connectivity index (χ1n) is 4.70. The van der Waals surface area contributed by atoms with E-state index in [1.165, 1.54) is 0 Å². The Morgan fingerprint density at radius 2 is 2.38 bits per heavy atom. The lowest BCUT2D eigenvalue weighted by Gasteiger charge is -2.15. The van der Waals surface area contributed by atoms with Crippen LogP contribution in [0.4, 0.5) is 0 Å². The number of rotatable bonds is 2. The Morgan fingerprint density at radius 1 is 1.62 bits per heavy atom. The highest BCUT2D eigenvalue weighted by atomic mass is 16.6. The van der Waals surface area contributed by atoms with Gasteiger partial charge in [-0.05, 0) is 12.3 Å². The summed E-state index contributed by atoms with van der Waals surface area (Å²) < 4.78 is 5.16. The summed E-state index contributed by atoms with van der Waals surface area (Å²) in [4.78, 5) is 21.4. The minimum atomic E-state index is -0.105. The van der Waals surface area contributed by atoms with Crippen molar-refractivity contribution in [2.45, 2.75) is 31.7 Å². The summed E-state index contributed by atoms with van der Waals surface area (Å²) in [6.07, 6.45) is 2.31. The molecule has 1 aliphatic carbocycles. The first-order valence-corrected chi connectivity index (χ1v) is 4.70. The zero-order chi connectivity index (χ0) is 9.42. The summed E-state index contributed by atoms with van der Waals surface area (Å²) in [7, 11) is 1.68. The highest BCUT2D eigenvalue weighted by Gasteiger charge is 2.47. The molecule has 0 aromatic rings. The van der Waals surface area contributed by atoms with E-state index in [4.69, 9.17) is 4.74 Å². The van der Waals surface area contributed by atoms with Crippen LogP contribution in [0.1, 0.15) is 19.8 Å². The molecule has 1 saturated heterocycles. The molecule has 2 rings (SSSR count). The van der Waals surface area contributed by atoms with Crippen molar-refractivity contribution in [3.63, 3.8) is 0 Å². The van der Waals surface area contributed by atoms with E-state index in [1.807, 2.05) is 0 Å². The Kier molecular flexibility index (Phi) is 2.14. The molecular weight excluding hydrogens is 167 g/mol. The summed E-state index contributed by atoms with van der Waals surface area (Å²) in [6.45, 7) is 2.11. The third kappa shape index (κ3) is 1.38. The fraction of sp³-hybridized carbons (Fsp3) is 0.778. The molecule has 1 saturated carbocycles. The molecule has 0 aromatic heterocycles. The highest BCUT2D eigenvalue weighted by molar-refractivity contribution is 6.68. The van der Waals surface area contributed by atoms with Crippen molar-refractivity contribution >= 4 is 19.4 Å². The van der Waals surface area contributed by atoms with Crippen molar-refractivity contribution in [3.05, 3.63) is 0 Å². The van der Waals surface area contributed by atoms with E-state index in [0.29, 0.717) is 12.3 Å². The Hall–Kier alpha value is -0.795. The van der Waals surface area contributed by atoms with Gasteiger partial charge in [-0.1, -0.05) is 12.7 Å². The Bertz CT molecular complexity index is 241. The summed E-state index contributed by atoms with van der Waals surface area (Å²) in [5.41, 5.74) is 0. The third-order valence-corrected chi connectivity index (χ3v) is 3.22. The molecule has 1 aliphatic heterocycles. The molecule has 1 heterocycles. The van der Waals surface area contributed by atoms with Crippen LogP contribution in [0.2, 0.25) is 5.82 Å². The average Bonchev–Trinajstić information content (AvgIpc) is 2.52. The monoisotopic (exact) mass is 179 g/mol. The second-order valence-corrected chi connectivity index (χ2v) is 4.02. The van der Waals surface area contributed by atoms with Crippen LogP contribution >= 0.6 is 0 Å².